The van der Waals surface area contributed by atoms with Crippen molar-refractivity contribution in [2.45, 2.75) is 89.8 Å². The van der Waals surface area contributed by atoms with Crippen LogP contribution in [-0.4, -0.2) is 42.2 Å². The van der Waals surface area contributed by atoms with Crippen LogP contribution in [0.5, 0.6) is 0 Å². The highest BCUT2D eigenvalue weighted by Crippen LogP contribution is 2.11. The minimum Gasteiger partial charge on any atom is -0.396 e. The average molecular weight is 303 g/mol. The third-order valence-electron chi connectivity index (χ3n) is 3.91. The second-order valence-electron chi connectivity index (χ2n) is 5.91. The van der Waals surface area contributed by atoms with Gasteiger partial charge < -0.3 is 20.7 Å². The largest absolute Gasteiger partial charge is 0.396 e. The highest BCUT2D eigenvalue weighted by molar-refractivity contribution is 4.69. The number of hydrogen-bond donors (Lipinski definition) is 3. The van der Waals surface area contributed by atoms with Gasteiger partial charge in [-0.2, -0.15) is 0 Å². The average Bonchev–Trinajstić information content (AvgIpc) is 2.50. The zero-order chi connectivity index (χ0) is 15.8. The zero-order valence-corrected chi connectivity index (χ0v) is 13.9. The van der Waals surface area contributed by atoms with Crippen molar-refractivity contribution in [1.29, 1.82) is 0 Å². The molecule has 0 spiro atoms. The zero-order valence-electron chi connectivity index (χ0n) is 13.9. The first kappa shape index (κ1) is 20.8. The Bertz CT molecular complexity index is 202. The van der Waals surface area contributed by atoms with E-state index in [2.05, 4.69) is 6.92 Å². The summed E-state index contributed by atoms with van der Waals surface area (Å²) in [6.07, 6.45) is 12.4. The summed E-state index contributed by atoms with van der Waals surface area (Å²) in [6, 6.07) is 0. The van der Waals surface area contributed by atoms with Gasteiger partial charge in [-0.25, -0.2) is 0 Å². The van der Waals surface area contributed by atoms with E-state index in [0.29, 0.717) is 13.0 Å². The third-order valence-corrected chi connectivity index (χ3v) is 3.91. The third kappa shape index (κ3) is 13.2. The molecule has 0 aromatic carbocycles. The second kappa shape index (κ2) is 16.2. The van der Waals surface area contributed by atoms with E-state index in [1.54, 1.807) is 0 Å². The molecule has 128 valence electrons. The van der Waals surface area contributed by atoms with Crippen LogP contribution in [0.25, 0.3) is 0 Å². The summed E-state index contributed by atoms with van der Waals surface area (Å²) in [6.45, 7) is 3.11. The molecule has 0 aliphatic carbocycles. The minimum atomic E-state index is -0.666. The molecule has 0 aromatic heterocycles. The maximum absolute atomic E-state index is 9.65. The Kier molecular flexibility index (Phi) is 16.1. The van der Waals surface area contributed by atoms with Crippen molar-refractivity contribution in [2.75, 3.05) is 19.8 Å². The van der Waals surface area contributed by atoms with Crippen LogP contribution in [0.2, 0.25) is 0 Å². The highest BCUT2D eigenvalue weighted by Gasteiger charge is 2.17. The standard InChI is InChI=1S/C17H37NO3/c1-2-3-4-5-6-7-8-9-10-11-14-21-17(12-13-19)16(20)15-18/h16-17,19-20H,2-15,18H2,1H3. The lowest BCUT2D eigenvalue weighted by Crippen LogP contribution is -2.36. The van der Waals surface area contributed by atoms with Gasteiger partial charge in [-0.15, -0.1) is 0 Å². The number of ether oxygens (including phenoxy) is 1. The Labute approximate surface area is 131 Å². The first-order valence-electron chi connectivity index (χ1n) is 8.86. The number of hydrogen-bond acceptors (Lipinski definition) is 4. The van der Waals surface area contributed by atoms with Gasteiger partial charge in [0.05, 0.1) is 12.2 Å². The summed E-state index contributed by atoms with van der Waals surface area (Å²) in [5.41, 5.74) is 5.42. The number of rotatable bonds is 16. The summed E-state index contributed by atoms with van der Waals surface area (Å²) >= 11 is 0. The summed E-state index contributed by atoms with van der Waals surface area (Å²) in [7, 11) is 0. The van der Waals surface area contributed by atoms with Crippen molar-refractivity contribution in [2.24, 2.45) is 5.73 Å². The molecule has 2 unspecified atom stereocenters. The van der Waals surface area contributed by atoms with Gasteiger partial charge in [0, 0.05) is 19.8 Å². The number of nitrogens with two attached hydrogens (primary N) is 1. The smallest absolute Gasteiger partial charge is 0.0924 e. The molecule has 0 rings (SSSR count). The number of unbranched alkanes of at least 4 members (excludes halogenated alkanes) is 9. The van der Waals surface area contributed by atoms with E-state index in [0.717, 1.165) is 6.42 Å². The monoisotopic (exact) mass is 303 g/mol. The fraction of sp³-hybridized carbons (Fsp3) is 1.00. The van der Waals surface area contributed by atoms with Gasteiger partial charge in [-0.05, 0) is 12.8 Å². The molecule has 4 N–H and O–H groups in total. The molecule has 0 fully saturated rings. The van der Waals surface area contributed by atoms with E-state index in [4.69, 9.17) is 15.6 Å². The molecule has 21 heavy (non-hydrogen) atoms. The van der Waals surface area contributed by atoms with Crippen LogP contribution in [0.3, 0.4) is 0 Å². The van der Waals surface area contributed by atoms with Crippen molar-refractivity contribution in [1.82, 2.24) is 0 Å². The lowest BCUT2D eigenvalue weighted by molar-refractivity contribution is -0.0449. The Balaban J connectivity index is 3.33. The van der Waals surface area contributed by atoms with Gasteiger partial charge in [-0.3, -0.25) is 0 Å². The normalized spacial score (nSPS) is 14.3. The molecule has 2 atom stereocenters. The van der Waals surface area contributed by atoms with Gasteiger partial charge in [-0.1, -0.05) is 64.7 Å². The lowest BCUT2D eigenvalue weighted by Gasteiger charge is -2.21. The van der Waals surface area contributed by atoms with E-state index in [-0.39, 0.29) is 19.3 Å². The lowest BCUT2D eigenvalue weighted by atomic mass is 10.1. The summed E-state index contributed by atoms with van der Waals surface area (Å²) in [5.74, 6) is 0. The van der Waals surface area contributed by atoms with Gasteiger partial charge in [0.15, 0.2) is 0 Å². The van der Waals surface area contributed by atoms with Gasteiger partial charge >= 0.3 is 0 Å². The molecular weight excluding hydrogens is 266 g/mol. The molecule has 4 nitrogen and oxygen atoms in total. The fourth-order valence-corrected chi connectivity index (χ4v) is 2.49. The van der Waals surface area contributed by atoms with Crippen LogP contribution < -0.4 is 5.73 Å². The first-order chi connectivity index (χ1) is 10.3. The maximum Gasteiger partial charge on any atom is 0.0924 e. The van der Waals surface area contributed by atoms with Crippen molar-refractivity contribution in [3.8, 4) is 0 Å². The van der Waals surface area contributed by atoms with Crippen LogP contribution in [0, 0.1) is 0 Å². The van der Waals surface area contributed by atoms with Crippen LogP contribution in [0.4, 0.5) is 0 Å². The van der Waals surface area contributed by atoms with E-state index in [9.17, 15) is 5.11 Å². The summed E-state index contributed by atoms with van der Waals surface area (Å²) in [4.78, 5) is 0. The Morgan fingerprint density at radius 2 is 1.43 bits per heavy atom. The van der Waals surface area contributed by atoms with E-state index in [1.807, 2.05) is 0 Å². The van der Waals surface area contributed by atoms with Crippen molar-refractivity contribution in [3.63, 3.8) is 0 Å². The Morgan fingerprint density at radius 3 is 1.90 bits per heavy atom. The summed E-state index contributed by atoms with van der Waals surface area (Å²) in [5, 5.41) is 18.6. The van der Waals surface area contributed by atoms with E-state index >= 15 is 0 Å². The second-order valence-corrected chi connectivity index (χ2v) is 5.91. The molecular formula is C17H37NO3. The van der Waals surface area contributed by atoms with Crippen LogP contribution in [0.15, 0.2) is 0 Å². The maximum atomic E-state index is 9.65. The molecule has 0 saturated carbocycles. The van der Waals surface area contributed by atoms with Gasteiger partial charge in [0.2, 0.25) is 0 Å². The molecule has 0 aromatic rings. The Hall–Kier alpha value is -0.160. The topological polar surface area (TPSA) is 75.7 Å². The van der Waals surface area contributed by atoms with Crippen molar-refractivity contribution >= 4 is 0 Å². The van der Waals surface area contributed by atoms with E-state index in [1.165, 1.54) is 57.8 Å². The predicted molar refractivity (Wildman–Crippen MR) is 88.3 cm³/mol. The van der Waals surface area contributed by atoms with Crippen molar-refractivity contribution < 1.29 is 14.9 Å². The minimum absolute atomic E-state index is 0.0275. The van der Waals surface area contributed by atoms with Crippen LogP contribution in [-0.2, 0) is 4.74 Å². The fourth-order valence-electron chi connectivity index (χ4n) is 2.49. The van der Waals surface area contributed by atoms with Gasteiger partial charge in [0.25, 0.3) is 0 Å². The molecule has 0 bridgehead atoms. The molecule has 0 aliphatic rings. The number of aliphatic hydroxyl groups excluding tert-OH is 2. The van der Waals surface area contributed by atoms with Crippen LogP contribution in [0.1, 0.15) is 77.6 Å². The summed E-state index contributed by atoms with van der Waals surface area (Å²) < 4.78 is 5.62. The quantitative estimate of drug-likeness (QED) is 0.383. The predicted octanol–water partition coefficient (Wildman–Crippen LogP) is 2.99. The molecule has 0 heterocycles. The van der Waals surface area contributed by atoms with Crippen LogP contribution >= 0.6 is 0 Å². The molecule has 0 saturated heterocycles. The SMILES string of the molecule is CCCCCCCCCCCCOC(CCO)C(O)CN. The van der Waals surface area contributed by atoms with Gasteiger partial charge in [0.1, 0.15) is 0 Å². The highest BCUT2D eigenvalue weighted by atomic mass is 16.5. The van der Waals surface area contributed by atoms with Crippen molar-refractivity contribution in [3.05, 3.63) is 0 Å². The van der Waals surface area contributed by atoms with E-state index < -0.39 is 6.10 Å². The number of aliphatic hydroxyl groups is 2. The molecule has 0 radical (unpaired) electrons. The molecule has 0 aliphatic heterocycles. The first-order valence-corrected chi connectivity index (χ1v) is 8.86. The molecule has 4 heteroatoms. The Morgan fingerprint density at radius 1 is 0.905 bits per heavy atom. The molecule has 0 amide bonds.